The summed E-state index contributed by atoms with van der Waals surface area (Å²) in [5.41, 5.74) is 2.72. The van der Waals surface area contributed by atoms with Crippen molar-refractivity contribution in [2.24, 2.45) is 4.99 Å². The summed E-state index contributed by atoms with van der Waals surface area (Å²) in [6.45, 7) is 11.4. The SMILES string of the molecule is CN=C(NCc1ccc(CN2CCCCC2)cc1)NCC1CN2CCN1CC2.I. The van der Waals surface area contributed by atoms with Crippen LogP contribution >= 0.6 is 24.0 Å². The monoisotopic (exact) mass is 512 g/mol. The van der Waals surface area contributed by atoms with Gasteiger partial charge in [-0.15, -0.1) is 24.0 Å². The number of likely N-dealkylation sites (tertiary alicyclic amines) is 1. The van der Waals surface area contributed by atoms with E-state index in [1.54, 1.807) is 0 Å². The lowest BCUT2D eigenvalue weighted by Gasteiger charge is -2.47. The molecule has 0 radical (unpaired) electrons. The molecule has 4 aliphatic heterocycles. The third-order valence-corrected chi connectivity index (χ3v) is 6.46. The molecular weight excluding hydrogens is 475 g/mol. The van der Waals surface area contributed by atoms with Gasteiger partial charge in [0.1, 0.15) is 0 Å². The van der Waals surface area contributed by atoms with E-state index in [1.165, 1.54) is 76.2 Å². The van der Waals surface area contributed by atoms with Gasteiger partial charge in [0, 0.05) is 65.4 Å². The van der Waals surface area contributed by atoms with Crippen LogP contribution in [0.25, 0.3) is 0 Å². The lowest BCUT2D eigenvalue weighted by atomic mass is 10.1. The third-order valence-electron chi connectivity index (χ3n) is 6.46. The lowest BCUT2D eigenvalue weighted by molar-refractivity contribution is 0.0154. The highest BCUT2D eigenvalue weighted by atomic mass is 127. The molecule has 2 N–H and O–H groups in total. The van der Waals surface area contributed by atoms with Crippen molar-refractivity contribution >= 4 is 29.9 Å². The zero-order chi connectivity index (χ0) is 19.2. The van der Waals surface area contributed by atoms with Crippen LogP contribution in [0.1, 0.15) is 30.4 Å². The molecule has 1 aromatic carbocycles. The van der Waals surface area contributed by atoms with Gasteiger partial charge in [-0.3, -0.25) is 19.7 Å². The molecule has 7 heteroatoms. The molecule has 4 heterocycles. The molecule has 5 rings (SSSR count). The zero-order valence-electron chi connectivity index (χ0n) is 17.8. The summed E-state index contributed by atoms with van der Waals surface area (Å²) in [5.74, 6) is 0.898. The van der Waals surface area contributed by atoms with E-state index in [0.29, 0.717) is 6.04 Å². The first kappa shape index (κ1) is 22.8. The molecule has 2 bridgehead atoms. The molecule has 1 atom stereocenters. The van der Waals surface area contributed by atoms with Crippen molar-refractivity contribution < 1.29 is 0 Å². The highest BCUT2D eigenvalue weighted by Gasteiger charge is 2.31. The molecule has 0 saturated carbocycles. The number of piperidine rings is 1. The Morgan fingerprint density at radius 1 is 0.931 bits per heavy atom. The summed E-state index contributed by atoms with van der Waals surface area (Å²) in [6, 6.07) is 9.66. The Morgan fingerprint density at radius 2 is 1.62 bits per heavy atom. The molecule has 0 aromatic heterocycles. The summed E-state index contributed by atoms with van der Waals surface area (Å²) in [4.78, 5) is 12.2. The molecule has 4 saturated heterocycles. The van der Waals surface area contributed by atoms with Crippen LogP contribution < -0.4 is 10.6 Å². The molecule has 1 aromatic rings. The predicted molar refractivity (Wildman–Crippen MR) is 131 cm³/mol. The normalized spacial score (nSPS) is 27.3. The highest BCUT2D eigenvalue weighted by Crippen LogP contribution is 2.15. The van der Waals surface area contributed by atoms with Gasteiger partial charge in [0.05, 0.1) is 0 Å². The smallest absolute Gasteiger partial charge is 0.191 e. The van der Waals surface area contributed by atoms with Gasteiger partial charge in [-0.1, -0.05) is 30.7 Å². The minimum atomic E-state index is 0. The summed E-state index contributed by atoms with van der Waals surface area (Å²) >= 11 is 0. The first-order valence-electron chi connectivity index (χ1n) is 11.0. The number of halogens is 1. The molecule has 1 unspecified atom stereocenters. The highest BCUT2D eigenvalue weighted by molar-refractivity contribution is 14.0. The summed E-state index contributed by atoms with van der Waals surface area (Å²) in [5, 5.41) is 6.99. The Bertz CT molecular complexity index is 635. The number of piperazine rings is 3. The van der Waals surface area contributed by atoms with Gasteiger partial charge in [0.25, 0.3) is 0 Å². The quantitative estimate of drug-likeness (QED) is 0.347. The minimum absolute atomic E-state index is 0. The second kappa shape index (κ2) is 11.5. The second-order valence-corrected chi connectivity index (χ2v) is 8.45. The van der Waals surface area contributed by atoms with Gasteiger partial charge in [0.15, 0.2) is 5.96 Å². The maximum absolute atomic E-state index is 4.40. The zero-order valence-corrected chi connectivity index (χ0v) is 20.1. The molecule has 29 heavy (non-hydrogen) atoms. The van der Waals surface area contributed by atoms with Gasteiger partial charge in [-0.25, -0.2) is 0 Å². The number of nitrogens with one attached hydrogen (secondary N) is 2. The average Bonchev–Trinajstić information content (AvgIpc) is 2.76. The Hall–Kier alpha value is -0.900. The maximum Gasteiger partial charge on any atom is 0.191 e. The number of fused-ring (bicyclic) bond motifs is 3. The summed E-state index contributed by atoms with van der Waals surface area (Å²) < 4.78 is 0. The van der Waals surface area contributed by atoms with Crippen LogP contribution in [-0.2, 0) is 13.1 Å². The van der Waals surface area contributed by atoms with Crippen LogP contribution in [0.3, 0.4) is 0 Å². The molecular formula is C22H37IN6. The van der Waals surface area contributed by atoms with Crippen molar-refractivity contribution in [3.8, 4) is 0 Å². The van der Waals surface area contributed by atoms with E-state index in [9.17, 15) is 0 Å². The third kappa shape index (κ3) is 6.54. The Kier molecular flexibility index (Phi) is 9.02. The standard InChI is InChI=1S/C22H36N6.HI/c1-23-22(25-16-21-18-27-11-13-28(21)14-12-27)24-15-19-5-7-20(8-6-19)17-26-9-3-2-4-10-26;/h5-8,21H,2-4,9-18H2,1H3,(H2,23,24,25);1H. The predicted octanol–water partition coefficient (Wildman–Crippen LogP) is 1.96. The molecule has 4 aliphatic rings. The first-order valence-corrected chi connectivity index (χ1v) is 11.0. The van der Waals surface area contributed by atoms with Gasteiger partial charge < -0.3 is 10.6 Å². The van der Waals surface area contributed by atoms with Crippen molar-refractivity contribution in [2.75, 3.05) is 59.4 Å². The lowest BCUT2D eigenvalue weighted by Crippen LogP contribution is -2.63. The minimum Gasteiger partial charge on any atom is -0.355 e. The molecule has 0 amide bonds. The molecule has 4 fully saturated rings. The summed E-state index contributed by atoms with van der Waals surface area (Å²) in [7, 11) is 1.86. The Labute approximate surface area is 193 Å². The number of benzene rings is 1. The van der Waals surface area contributed by atoms with Crippen molar-refractivity contribution in [3.63, 3.8) is 0 Å². The number of guanidine groups is 1. The first-order chi connectivity index (χ1) is 13.8. The molecule has 0 spiro atoms. The Morgan fingerprint density at radius 3 is 2.24 bits per heavy atom. The van der Waals surface area contributed by atoms with E-state index in [0.717, 1.165) is 25.6 Å². The van der Waals surface area contributed by atoms with Crippen LogP contribution in [0.15, 0.2) is 29.3 Å². The summed E-state index contributed by atoms with van der Waals surface area (Å²) in [6.07, 6.45) is 4.10. The van der Waals surface area contributed by atoms with Crippen LogP contribution in [-0.4, -0.2) is 86.1 Å². The van der Waals surface area contributed by atoms with Gasteiger partial charge in [-0.05, 0) is 37.1 Å². The van der Waals surface area contributed by atoms with Crippen LogP contribution in [0.5, 0.6) is 0 Å². The van der Waals surface area contributed by atoms with Crippen molar-refractivity contribution in [3.05, 3.63) is 35.4 Å². The number of hydrogen-bond donors (Lipinski definition) is 2. The fourth-order valence-corrected chi connectivity index (χ4v) is 4.68. The number of hydrogen-bond acceptors (Lipinski definition) is 4. The number of rotatable bonds is 6. The van der Waals surface area contributed by atoms with Crippen LogP contribution in [0.2, 0.25) is 0 Å². The van der Waals surface area contributed by atoms with Gasteiger partial charge in [-0.2, -0.15) is 0 Å². The molecule has 6 nitrogen and oxygen atoms in total. The van der Waals surface area contributed by atoms with E-state index in [-0.39, 0.29) is 24.0 Å². The fraction of sp³-hybridized carbons (Fsp3) is 0.682. The molecule has 0 aliphatic carbocycles. The van der Waals surface area contributed by atoms with Gasteiger partial charge in [0.2, 0.25) is 0 Å². The van der Waals surface area contributed by atoms with E-state index < -0.39 is 0 Å². The largest absolute Gasteiger partial charge is 0.355 e. The van der Waals surface area contributed by atoms with Gasteiger partial charge >= 0.3 is 0 Å². The molecule has 162 valence electrons. The van der Waals surface area contributed by atoms with Crippen LogP contribution in [0, 0.1) is 0 Å². The van der Waals surface area contributed by atoms with E-state index >= 15 is 0 Å². The van der Waals surface area contributed by atoms with E-state index in [4.69, 9.17) is 0 Å². The van der Waals surface area contributed by atoms with Crippen molar-refractivity contribution in [2.45, 2.75) is 38.4 Å². The van der Waals surface area contributed by atoms with E-state index in [1.807, 2.05) is 7.05 Å². The number of aliphatic imine (C=N–C) groups is 1. The second-order valence-electron chi connectivity index (χ2n) is 8.45. The topological polar surface area (TPSA) is 46.1 Å². The number of nitrogens with zero attached hydrogens (tertiary/aromatic N) is 4. The maximum atomic E-state index is 4.40. The van der Waals surface area contributed by atoms with E-state index in [2.05, 4.69) is 54.6 Å². The van der Waals surface area contributed by atoms with Crippen molar-refractivity contribution in [1.82, 2.24) is 25.3 Å². The average molecular weight is 512 g/mol. The van der Waals surface area contributed by atoms with Crippen molar-refractivity contribution in [1.29, 1.82) is 0 Å². The van der Waals surface area contributed by atoms with Crippen LogP contribution in [0.4, 0.5) is 0 Å². The fourth-order valence-electron chi connectivity index (χ4n) is 4.68. The Balaban J connectivity index is 0.00000240.